The Morgan fingerprint density at radius 1 is 1.32 bits per heavy atom. The molecule has 1 unspecified atom stereocenters. The second kappa shape index (κ2) is 6.44. The molecule has 1 fully saturated rings. The Morgan fingerprint density at radius 3 is 2.91 bits per heavy atom. The van der Waals surface area contributed by atoms with Crippen molar-refractivity contribution >= 4 is 11.6 Å². The summed E-state index contributed by atoms with van der Waals surface area (Å²) >= 11 is 0. The number of nitrogens with one attached hydrogen (secondary N) is 1. The minimum atomic E-state index is 0.295. The van der Waals surface area contributed by atoms with Gasteiger partial charge >= 0.3 is 0 Å². The predicted octanol–water partition coefficient (Wildman–Crippen LogP) is 2.74. The first kappa shape index (κ1) is 14.3. The Balaban J connectivity index is 1.76. The van der Waals surface area contributed by atoms with Crippen molar-refractivity contribution in [3.63, 3.8) is 0 Å². The van der Waals surface area contributed by atoms with E-state index in [4.69, 9.17) is 0 Å². The van der Waals surface area contributed by atoms with Crippen LogP contribution in [0.2, 0.25) is 0 Å². The number of rotatable bonds is 3. The van der Waals surface area contributed by atoms with Crippen LogP contribution in [0.5, 0.6) is 0 Å². The molecule has 1 atom stereocenters. The highest BCUT2D eigenvalue weighted by atomic mass is 15.2. The third-order valence-electron chi connectivity index (χ3n) is 3.93. The molecule has 1 aromatic heterocycles. The smallest absolute Gasteiger partial charge is 0.222 e. The molecule has 0 radical (unpaired) electrons. The summed E-state index contributed by atoms with van der Waals surface area (Å²) in [6, 6.07) is 10.4. The second-order valence-corrected chi connectivity index (χ2v) is 5.63. The lowest BCUT2D eigenvalue weighted by atomic mass is 10.0. The number of hydrogen-bond donors (Lipinski definition) is 1. The van der Waals surface area contributed by atoms with E-state index in [0.717, 1.165) is 37.2 Å². The van der Waals surface area contributed by atoms with Crippen molar-refractivity contribution in [1.82, 2.24) is 9.97 Å². The number of nitriles is 1. The average Bonchev–Trinajstić information content (AvgIpc) is 2.56. The first-order valence-corrected chi connectivity index (χ1v) is 7.55. The lowest BCUT2D eigenvalue weighted by Gasteiger charge is -2.35. The summed E-state index contributed by atoms with van der Waals surface area (Å²) in [5.74, 6) is 0.666. The maximum absolute atomic E-state index is 9.33. The van der Waals surface area contributed by atoms with Crippen LogP contribution in [-0.4, -0.2) is 29.1 Å². The van der Waals surface area contributed by atoms with Crippen LogP contribution in [0.1, 0.15) is 24.0 Å². The Hall–Kier alpha value is -2.61. The van der Waals surface area contributed by atoms with Crippen molar-refractivity contribution in [2.75, 3.05) is 23.3 Å². The molecule has 112 valence electrons. The monoisotopic (exact) mass is 293 g/mol. The number of hydrogen-bond acceptors (Lipinski definition) is 5. The van der Waals surface area contributed by atoms with Crippen LogP contribution >= 0.6 is 0 Å². The zero-order chi connectivity index (χ0) is 15.4. The van der Waals surface area contributed by atoms with Gasteiger partial charge in [0.15, 0.2) is 0 Å². The molecule has 0 spiro atoms. The number of anilines is 2. The van der Waals surface area contributed by atoms with Gasteiger partial charge < -0.3 is 10.2 Å². The lowest BCUT2D eigenvalue weighted by molar-refractivity contribution is 0.527. The predicted molar refractivity (Wildman–Crippen MR) is 86.8 cm³/mol. The SMILES string of the molecule is Cc1ccc(C#N)c(N2CCCC(Nc3ncccn3)C2)c1. The molecule has 3 rings (SSSR count). The van der Waals surface area contributed by atoms with Gasteiger partial charge in [-0.1, -0.05) is 6.07 Å². The number of aryl methyl sites for hydroxylation is 1. The highest BCUT2D eigenvalue weighted by Gasteiger charge is 2.22. The average molecular weight is 293 g/mol. The van der Waals surface area contributed by atoms with Gasteiger partial charge in [-0.15, -0.1) is 0 Å². The van der Waals surface area contributed by atoms with Crippen molar-refractivity contribution in [2.24, 2.45) is 0 Å². The summed E-state index contributed by atoms with van der Waals surface area (Å²) in [5.41, 5.74) is 2.95. The van der Waals surface area contributed by atoms with E-state index >= 15 is 0 Å². The summed E-state index contributed by atoms with van der Waals surface area (Å²) in [6.07, 6.45) is 5.65. The number of aromatic nitrogens is 2. The van der Waals surface area contributed by atoms with Gasteiger partial charge in [-0.25, -0.2) is 9.97 Å². The molecule has 0 amide bonds. The van der Waals surface area contributed by atoms with Gasteiger partial charge in [0.2, 0.25) is 5.95 Å². The van der Waals surface area contributed by atoms with Crippen molar-refractivity contribution in [2.45, 2.75) is 25.8 Å². The van der Waals surface area contributed by atoms with E-state index in [0.29, 0.717) is 12.0 Å². The van der Waals surface area contributed by atoms with Crippen molar-refractivity contribution < 1.29 is 0 Å². The van der Waals surface area contributed by atoms with E-state index in [1.54, 1.807) is 12.4 Å². The van der Waals surface area contributed by atoms with Gasteiger partial charge in [0.05, 0.1) is 11.3 Å². The van der Waals surface area contributed by atoms with Gasteiger partial charge in [-0.05, 0) is 43.5 Å². The van der Waals surface area contributed by atoms with Crippen LogP contribution in [0.4, 0.5) is 11.6 Å². The highest BCUT2D eigenvalue weighted by Crippen LogP contribution is 2.25. The molecular formula is C17H19N5. The van der Waals surface area contributed by atoms with E-state index in [1.807, 2.05) is 18.2 Å². The summed E-state index contributed by atoms with van der Waals surface area (Å²) in [5, 5.41) is 12.7. The van der Waals surface area contributed by atoms with Crippen LogP contribution in [-0.2, 0) is 0 Å². The van der Waals surface area contributed by atoms with Crippen LogP contribution in [0.3, 0.4) is 0 Å². The van der Waals surface area contributed by atoms with Crippen LogP contribution < -0.4 is 10.2 Å². The summed E-state index contributed by atoms with van der Waals surface area (Å²) in [6.45, 7) is 3.89. The molecule has 22 heavy (non-hydrogen) atoms. The van der Waals surface area contributed by atoms with E-state index in [9.17, 15) is 5.26 Å². The Morgan fingerprint density at radius 2 is 2.14 bits per heavy atom. The molecule has 0 bridgehead atoms. The van der Waals surface area contributed by atoms with E-state index in [2.05, 4.69) is 39.2 Å². The molecule has 5 nitrogen and oxygen atoms in total. The van der Waals surface area contributed by atoms with Gasteiger partial charge in [-0.3, -0.25) is 0 Å². The molecule has 2 heterocycles. The summed E-state index contributed by atoms with van der Waals surface area (Å²) in [7, 11) is 0. The fourth-order valence-electron chi connectivity index (χ4n) is 2.87. The maximum atomic E-state index is 9.33. The van der Waals surface area contributed by atoms with Gasteiger partial charge in [0, 0.05) is 31.5 Å². The fourth-order valence-corrected chi connectivity index (χ4v) is 2.87. The Kier molecular flexibility index (Phi) is 4.19. The topological polar surface area (TPSA) is 64.8 Å². The van der Waals surface area contributed by atoms with Crippen LogP contribution in [0.15, 0.2) is 36.7 Å². The first-order chi connectivity index (χ1) is 10.8. The molecule has 1 aromatic carbocycles. The Bertz CT molecular complexity index is 677. The molecule has 1 aliphatic rings. The van der Waals surface area contributed by atoms with Gasteiger partial charge in [-0.2, -0.15) is 5.26 Å². The summed E-state index contributed by atoms with van der Waals surface area (Å²) in [4.78, 5) is 10.7. The molecular weight excluding hydrogens is 274 g/mol. The fraction of sp³-hybridized carbons (Fsp3) is 0.353. The van der Waals surface area contributed by atoms with E-state index in [1.165, 1.54) is 5.56 Å². The summed E-state index contributed by atoms with van der Waals surface area (Å²) < 4.78 is 0. The largest absolute Gasteiger partial charge is 0.368 e. The van der Waals surface area contributed by atoms with Crippen molar-refractivity contribution in [3.05, 3.63) is 47.8 Å². The zero-order valence-electron chi connectivity index (χ0n) is 12.7. The third kappa shape index (κ3) is 3.17. The lowest BCUT2D eigenvalue weighted by Crippen LogP contribution is -2.42. The number of piperidine rings is 1. The molecule has 1 N–H and O–H groups in total. The first-order valence-electron chi connectivity index (χ1n) is 7.55. The Labute approximate surface area is 130 Å². The van der Waals surface area contributed by atoms with Crippen molar-refractivity contribution in [3.8, 4) is 6.07 Å². The number of nitrogens with zero attached hydrogens (tertiary/aromatic N) is 4. The normalized spacial score (nSPS) is 17.8. The van der Waals surface area contributed by atoms with Crippen LogP contribution in [0, 0.1) is 18.3 Å². The van der Waals surface area contributed by atoms with Gasteiger partial charge in [0.25, 0.3) is 0 Å². The second-order valence-electron chi connectivity index (χ2n) is 5.63. The molecule has 5 heteroatoms. The molecule has 1 saturated heterocycles. The highest BCUT2D eigenvalue weighted by molar-refractivity contribution is 5.61. The zero-order valence-corrected chi connectivity index (χ0v) is 12.7. The molecule has 1 aliphatic heterocycles. The molecule has 0 aliphatic carbocycles. The van der Waals surface area contributed by atoms with E-state index in [-0.39, 0.29) is 0 Å². The number of benzene rings is 1. The van der Waals surface area contributed by atoms with E-state index < -0.39 is 0 Å². The third-order valence-corrected chi connectivity index (χ3v) is 3.93. The standard InChI is InChI=1S/C17H19N5/c1-13-5-6-14(11-18)16(10-13)22-9-2-4-15(12-22)21-17-19-7-3-8-20-17/h3,5-8,10,15H,2,4,9,12H2,1H3,(H,19,20,21). The van der Waals surface area contributed by atoms with Gasteiger partial charge in [0.1, 0.15) is 6.07 Å². The molecule has 2 aromatic rings. The van der Waals surface area contributed by atoms with Crippen LogP contribution in [0.25, 0.3) is 0 Å². The molecule has 0 saturated carbocycles. The minimum absolute atomic E-state index is 0.295. The quantitative estimate of drug-likeness (QED) is 0.942. The maximum Gasteiger partial charge on any atom is 0.222 e. The minimum Gasteiger partial charge on any atom is -0.368 e. The van der Waals surface area contributed by atoms with Crippen molar-refractivity contribution in [1.29, 1.82) is 5.26 Å².